The zero-order valence-corrected chi connectivity index (χ0v) is 8.95. The molecule has 0 aliphatic heterocycles. The number of hydrogen-bond acceptors (Lipinski definition) is 2. The van der Waals surface area contributed by atoms with Crippen molar-refractivity contribution in [2.45, 2.75) is 19.4 Å². The van der Waals surface area contributed by atoms with Gasteiger partial charge >= 0.3 is 0 Å². The Balaban J connectivity index is 0. The Morgan fingerprint density at radius 3 is 2.07 bits per heavy atom. The lowest BCUT2D eigenvalue weighted by Crippen LogP contribution is -2.27. The smallest absolute Gasteiger partial charge is 0.119 e. The molecule has 1 aromatic rings. The van der Waals surface area contributed by atoms with Gasteiger partial charge in [-0.05, 0) is 26.0 Å². The highest BCUT2D eigenvalue weighted by Gasteiger charge is 2.12. The van der Waals surface area contributed by atoms with Gasteiger partial charge in [-0.2, -0.15) is 0 Å². The Morgan fingerprint density at radius 2 is 1.67 bits per heavy atom. The highest BCUT2D eigenvalue weighted by atomic mass is 16.5. The van der Waals surface area contributed by atoms with Gasteiger partial charge in [0.25, 0.3) is 0 Å². The van der Waals surface area contributed by atoms with E-state index in [1.54, 1.807) is 38.1 Å². The molecule has 0 amide bonds. The molecule has 0 spiro atoms. The lowest BCUT2D eigenvalue weighted by Gasteiger charge is -2.17. The van der Waals surface area contributed by atoms with Crippen molar-refractivity contribution in [2.24, 2.45) is 0 Å². The van der Waals surface area contributed by atoms with E-state index in [2.05, 4.69) is 0 Å². The first kappa shape index (κ1) is 16.4. The second-order valence-corrected chi connectivity index (χ2v) is 3.67. The molecule has 1 aromatic carbocycles. The predicted molar refractivity (Wildman–Crippen MR) is 60.9 cm³/mol. The fraction of sp³-hybridized carbons (Fsp3) is 0.400. The molecule has 0 fully saturated rings. The minimum Gasteiger partial charge on any atom is -0.491 e. The average molecular weight is 212 g/mol. The molecule has 15 heavy (non-hydrogen) atoms. The number of rotatable bonds is 3. The van der Waals surface area contributed by atoms with E-state index in [9.17, 15) is 5.11 Å². The van der Waals surface area contributed by atoms with Crippen molar-refractivity contribution in [3.8, 4) is 5.75 Å². The first-order valence-corrected chi connectivity index (χ1v) is 4.18. The number of benzene rings is 1. The molecular formula is C10H17BO4. The van der Waals surface area contributed by atoms with Crippen LogP contribution in [0.25, 0.3) is 0 Å². The minimum atomic E-state index is -0.804. The predicted octanol–water partition coefficient (Wildman–Crippen LogP) is -1.02. The van der Waals surface area contributed by atoms with Gasteiger partial charge in [0.1, 0.15) is 20.2 Å². The number of hydrogen-bond donors (Lipinski definition) is 1. The van der Waals surface area contributed by atoms with E-state index in [4.69, 9.17) is 12.6 Å². The standard InChI is InChI=1S/C10H13BO2.2H2O/c1-10(2,12)7-13-9-5-3-8(11)4-6-9;;/h3-6,12H,7H2,1-2H3;2*1H2. The first-order chi connectivity index (χ1) is 5.97. The van der Waals surface area contributed by atoms with E-state index >= 15 is 0 Å². The molecule has 4 nitrogen and oxygen atoms in total. The maximum atomic E-state index is 9.38. The second kappa shape index (κ2) is 6.45. The average Bonchev–Trinajstić information content (AvgIpc) is 2.02. The van der Waals surface area contributed by atoms with E-state index in [0.717, 1.165) is 5.75 Å². The highest BCUT2D eigenvalue weighted by Crippen LogP contribution is 2.10. The Labute approximate surface area is 90.9 Å². The Kier molecular flexibility index (Phi) is 7.05. The van der Waals surface area contributed by atoms with Crippen molar-refractivity contribution in [3.63, 3.8) is 0 Å². The van der Waals surface area contributed by atoms with Crippen LogP contribution in [0.3, 0.4) is 0 Å². The molecule has 0 saturated heterocycles. The van der Waals surface area contributed by atoms with Gasteiger partial charge in [0.2, 0.25) is 0 Å². The third-order valence-corrected chi connectivity index (χ3v) is 1.47. The number of ether oxygens (including phenoxy) is 1. The lowest BCUT2D eigenvalue weighted by molar-refractivity contribution is 0.0285. The zero-order valence-electron chi connectivity index (χ0n) is 8.95. The maximum absolute atomic E-state index is 9.38. The fourth-order valence-corrected chi connectivity index (χ4v) is 0.824. The third kappa shape index (κ3) is 6.96. The van der Waals surface area contributed by atoms with Crippen molar-refractivity contribution >= 4 is 13.3 Å². The molecule has 0 unspecified atom stereocenters. The molecule has 2 radical (unpaired) electrons. The summed E-state index contributed by atoms with van der Waals surface area (Å²) in [5.74, 6) is 0.719. The van der Waals surface area contributed by atoms with Crippen LogP contribution in [0.5, 0.6) is 5.75 Å². The molecule has 84 valence electrons. The van der Waals surface area contributed by atoms with E-state index in [1.807, 2.05) is 0 Å². The molecule has 0 atom stereocenters. The van der Waals surface area contributed by atoms with Gasteiger partial charge in [0, 0.05) is 0 Å². The lowest BCUT2D eigenvalue weighted by atomic mass is 9.97. The van der Waals surface area contributed by atoms with Crippen LogP contribution >= 0.6 is 0 Å². The van der Waals surface area contributed by atoms with Crippen molar-refractivity contribution in [2.75, 3.05) is 6.61 Å². The summed E-state index contributed by atoms with van der Waals surface area (Å²) in [7, 11) is 5.50. The molecule has 0 saturated carbocycles. The molecule has 0 heterocycles. The summed E-state index contributed by atoms with van der Waals surface area (Å²) in [5, 5.41) is 9.38. The van der Waals surface area contributed by atoms with E-state index < -0.39 is 5.60 Å². The van der Waals surface area contributed by atoms with Crippen LogP contribution in [-0.2, 0) is 0 Å². The summed E-state index contributed by atoms with van der Waals surface area (Å²) in [6.45, 7) is 3.67. The molecule has 0 aromatic heterocycles. The summed E-state index contributed by atoms with van der Waals surface area (Å²) in [4.78, 5) is 0. The number of aliphatic hydroxyl groups is 1. The van der Waals surface area contributed by atoms with Crippen LogP contribution in [-0.4, -0.2) is 36.1 Å². The van der Waals surface area contributed by atoms with Crippen molar-refractivity contribution < 1.29 is 20.8 Å². The van der Waals surface area contributed by atoms with Gasteiger partial charge in [0.15, 0.2) is 0 Å². The van der Waals surface area contributed by atoms with Gasteiger partial charge in [-0.15, -0.1) is 0 Å². The van der Waals surface area contributed by atoms with Gasteiger partial charge in [-0.25, -0.2) is 0 Å². The zero-order chi connectivity index (χ0) is 9.90. The van der Waals surface area contributed by atoms with E-state index in [0.29, 0.717) is 5.46 Å². The third-order valence-electron chi connectivity index (χ3n) is 1.47. The van der Waals surface area contributed by atoms with E-state index in [-0.39, 0.29) is 17.6 Å². The summed E-state index contributed by atoms with van der Waals surface area (Å²) < 4.78 is 5.32. The van der Waals surface area contributed by atoms with Crippen molar-refractivity contribution in [1.82, 2.24) is 0 Å². The van der Waals surface area contributed by atoms with Crippen LogP contribution in [0.15, 0.2) is 24.3 Å². The minimum absolute atomic E-state index is 0. The summed E-state index contributed by atoms with van der Waals surface area (Å²) in [6.07, 6.45) is 0. The summed E-state index contributed by atoms with van der Waals surface area (Å²) in [6, 6.07) is 7.08. The normalized spacial score (nSPS) is 9.80. The van der Waals surface area contributed by atoms with Crippen LogP contribution in [0, 0.1) is 0 Å². The highest BCUT2D eigenvalue weighted by molar-refractivity contribution is 6.32. The monoisotopic (exact) mass is 212 g/mol. The SMILES string of the molecule is O.O.[B]c1ccc(OCC(C)(C)O)cc1. The van der Waals surface area contributed by atoms with E-state index in [1.165, 1.54) is 0 Å². The Morgan fingerprint density at radius 1 is 1.20 bits per heavy atom. The van der Waals surface area contributed by atoms with Crippen molar-refractivity contribution in [3.05, 3.63) is 24.3 Å². The van der Waals surface area contributed by atoms with Gasteiger partial charge in [0.05, 0.1) is 5.60 Å². The molecule has 0 bridgehead atoms. The largest absolute Gasteiger partial charge is 0.491 e. The van der Waals surface area contributed by atoms with Crippen LogP contribution < -0.4 is 10.2 Å². The van der Waals surface area contributed by atoms with Crippen LogP contribution in [0.4, 0.5) is 0 Å². The maximum Gasteiger partial charge on any atom is 0.119 e. The van der Waals surface area contributed by atoms with Gasteiger partial charge in [-0.1, -0.05) is 17.6 Å². The summed E-state index contributed by atoms with van der Waals surface area (Å²) in [5.41, 5.74) is -0.0999. The topological polar surface area (TPSA) is 92.5 Å². The van der Waals surface area contributed by atoms with Gasteiger partial charge in [-0.3, -0.25) is 0 Å². The van der Waals surface area contributed by atoms with Crippen LogP contribution in [0.1, 0.15) is 13.8 Å². The van der Waals surface area contributed by atoms with Gasteiger partial charge < -0.3 is 20.8 Å². The fourth-order valence-electron chi connectivity index (χ4n) is 0.824. The second-order valence-electron chi connectivity index (χ2n) is 3.67. The van der Waals surface area contributed by atoms with Crippen molar-refractivity contribution in [1.29, 1.82) is 0 Å². The molecular weight excluding hydrogens is 195 g/mol. The Bertz CT molecular complexity index is 266. The molecule has 5 N–H and O–H groups in total. The molecule has 0 aliphatic rings. The Hall–Kier alpha value is -1.04. The first-order valence-electron chi connectivity index (χ1n) is 4.18. The molecule has 5 heteroatoms. The summed E-state index contributed by atoms with van der Waals surface area (Å²) >= 11 is 0. The van der Waals surface area contributed by atoms with Crippen LogP contribution in [0.2, 0.25) is 0 Å². The molecule has 1 rings (SSSR count). The molecule has 0 aliphatic carbocycles. The quantitative estimate of drug-likeness (QED) is 0.649.